The van der Waals surface area contributed by atoms with Gasteiger partial charge in [-0.15, -0.1) is 6.58 Å². The van der Waals surface area contributed by atoms with Crippen LogP contribution in [0.1, 0.15) is 18.1 Å². The van der Waals surface area contributed by atoms with Crippen LogP contribution in [-0.4, -0.2) is 5.12 Å². The number of nitrogens with zero attached hydrogens (tertiary/aromatic N) is 1. The van der Waals surface area contributed by atoms with Gasteiger partial charge in [0, 0.05) is 16.3 Å². The molecule has 0 bridgehead atoms. The Bertz CT molecular complexity index is 522. The molecule has 0 radical (unpaired) electrons. The minimum Gasteiger partial charge on any atom is -0.287 e. The number of allylic oxidation sites excluding steroid dienone is 1. The second-order valence-electron chi connectivity index (χ2n) is 3.23. The van der Waals surface area contributed by atoms with Crippen molar-refractivity contribution >= 4 is 44.4 Å². The first-order valence-corrected chi connectivity index (χ1v) is 6.70. The van der Waals surface area contributed by atoms with E-state index in [1.807, 2.05) is 6.07 Å². The van der Waals surface area contributed by atoms with Crippen molar-refractivity contribution in [2.75, 3.05) is 0 Å². The van der Waals surface area contributed by atoms with E-state index in [1.165, 1.54) is 6.92 Å². The molecule has 1 aromatic carbocycles. The average Bonchev–Trinajstić information content (AvgIpc) is 2.27. The fourth-order valence-corrected chi connectivity index (χ4v) is 3.11. The highest BCUT2D eigenvalue weighted by molar-refractivity contribution is 9.10. The lowest BCUT2D eigenvalue weighted by Gasteiger charge is -2.11. The summed E-state index contributed by atoms with van der Waals surface area (Å²) >= 11 is 10.6. The Morgan fingerprint density at radius 1 is 1.76 bits per heavy atom. The number of hydrogen-bond donors (Lipinski definition) is 0. The lowest BCUT2D eigenvalue weighted by atomic mass is 10.1. The van der Waals surface area contributed by atoms with Crippen LogP contribution in [0.3, 0.4) is 0 Å². The first-order chi connectivity index (χ1) is 8.01. The van der Waals surface area contributed by atoms with Crippen LogP contribution in [0, 0.1) is 11.3 Å². The Hall–Kier alpha value is -0.760. The number of hydrogen-bond acceptors (Lipinski definition) is 3. The van der Waals surface area contributed by atoms with Crippen LogP contribution in [0.15, 0.2) is 28.1 Å². The van der Waals surface area contributed by atoms with Gasteiger partial charge in [0.2, 0.25) is 0 Å². The maximum absolute atomic E-state index is 11.2. The van der Waals surface area contributed by atoms with Crippen molar-refractivity contribution in [1.29, 1.82) is 5.26 Å². The van der Waals surface area contributed by atoms with Crippen molar-refractivity contribution in [3.05, 3.63) is 39.3 Å². The number of nitriles is 1. The molecule has 0 aromatic heterocycles. The van der Waals surface area contributed by atoms with Gasteiger partial charge in [-0.25, -0.2) is 0 Å². The minimum atomic E-state index is -0.0308. The molecule has 0 saturated carbocycles. The third-order valence-electron chi connectivity index (χ3n) is 1.98. The summed E-state index contributed by atoms with van der Waals surface area (Å²) < 4.78 is 0.704. The van der Waals surface area contributed by atoms with E-state index in [-0.39, 0.29) is 5.12 Å². The Morgan fingerprint density at radius 3 is 2.88 bits per heavy atom. The van der Waals surface area contributed by atoms with E-state index >= 15 is 0 Å². The molecular formula is C12H9BrClNOS. The third-order valence-corrected chi connectivity index (χ3v) is 4.26. The lowest BCUT2D eigenvalue weighted by molar-refractivity contribution is -0.109. The fourth-order valence-electron chi connectivity index (χ4n) is 1.32. The second-order valence-corrected chi connectivity index (χ2v) is 5.65. The van der Waals surface area contributed by atoms with Crippen LogP contribution in [0.25, 0.3) is 0 Å². The normalized spacial score (nSPS) is 9.76. The Balaban J connectivity index is 3.46. The van der Waals surface area contributed by atoms with E-state index in [2.05, 4.69) is 22.5 Å². The first-order valence-electron chi connectivity index (χ1n) is 4.71. The van der Waals surface area contributed by atoms with Crippen LogP contribution in [0.5, 0.6) is 0 Å². The average molecular weight is 331 g/mol. The predicted molar refractivity (Wildman–Crippen MR) is 74.3 cm³/mol. The van der Waals surface area contributed by atoms with E-state index in [4.69, 9.17) is 16.9 Å². The van der Waals surface area contributed by atoms with Crippen molar-refractivity contribution in [3.8, 4) is 6.07 Å². The molecule has 17 heavy (non-hydrogen) atoms. The zero-order chi connectivity index (χ0) is 13.0. The molecule has 88 valence electrons. The molecule has 0 fully saturated rings. The van der Waals surface area contributed by atoms with Crippen LogP contribution in [0.4, 0.5) is 0 Å². The summed E-state index contributed by atoms with van der Waals surface area (Å²) in [6.45, 7) is 5.14. The quantitative estimate of drug-likeness (QED) is 0.611. The Morgan fingerprint density at radius 2 is 2.41 bits per heavy atom. The molecule has 5 heteroatoms. The summed E-state index contributed by atoms with van der Waals surface area (Å²) in [6, 6.07) is 3.65. The monoisotopic (exact) mass is 329 g/mol. The molecule has 0 amide bonds. The van der Waals surface area contributed by atoms with E-state index < -0.39 is 0 Å². The van der Waals surface area contributed by atoms with Crippen LogP contribution in [0.2, 0.25) is 5.02 Å². The number of benzene rings is 1. The largest absolute Gasteiger partial charge is 0.287 e. The van der Waals surface area contributed by atoms with Gasteiger partial charge in [0.15, 0.2) is 5.12 Å². The maximum atomic E-state index is 11.2. The molecule has 0 aliphatic rings. The first kappa shape index (κ1) is 14.3. The van der Waals surface area contributed by atoms with Gasteiger partial charge in [-0.2, -0.15) is 5.26 Å². The molecule has 0 heterocycles. The standard InChI is InChI=1S/C12H9BrClNOS/c1-3-4-9-11(14)8(6-15)5-10(13)12(9)17-7(2)16/h3,5H,1,4H2,2H3. The van der Waals surface area contributed by atoms with Gasteiger partial charge in [-0.3, -0.25) is 4.79 Å². The van der Waals surface area contributed by atoms with E-state index in [0.717, 1.165) is 22.2 Å². The van der Waals surface area contributed by atoms with Crippen molar-refractivity contribution in [2.45, 2.75) is 18.2 Å². The van der Waals surface area contributed by atoms with Crippen molar-refractivity contribution in [2.24, 2.45) is 0 Å². The summed E-state index contributed by atoms with van der Waals surface area (Å²) in [6.07, 6.45) is 2.21. The molecule has 0 atom stereocenters. The summed E-state index contributed by atoms with van der Waals surface area (Å²) in [5.74, 6) is 0. The van der Waals surface area contributed by atoms with Gasteiger partial charge in [0.05, 0.1) is 10.6 Å². The number of halogens is 2. The van der Waals surface area contributed by atoms with Gasteiger partial charge in [0.1, 0.15) is 6.07 Å². The van der Waals surface area contributed by atoms with Crippen LogP contribution in [-0.2, 0) is 11.2 Å². The highest BCUT2D eigenvalue weighted by Gasteiger charge is 2.16. The van der Waals surface area contributed by atoms with Crippen molar-refractivity contribution < 1.29 is 4.79 Å². The Labute approximate surface area is 118 Å². The van der Waals surface area contributed by atoms with Gasteiger partial charge >= 0.3 is 0 Å². The zero-order valence-electron chi connectivity index (χ0n) is 9.09. The molecule has 0 unspecified atom stereocenters. The predicted octanol–water partition coefficient (Wildman–Crippen LogP) is 4.34. The SMILES string of the molecule is C=CCc1c(Cl)c(C#N)cc(Br)c1SC(C)=O. The minimum absolute atomic E-state index is 0.0308. The van der Waals surface area contributed by atoms with Gasteiger partial charge in [-0.05, 0) is 34.0 Å². The number of carbonyl (C=O) groups excluding carboxylic acids is 1. The van der Waals surface area contributed by atoms with Crippen molar-refractivity contribution in [3.63, 3.8) is 0 Å². The van der Waals surface area contributed by atoms with Gasteiger partial charge < -0.3 is 0 Å². The molecular weight excluding hydrogens is 322 g/mol. The number of rotatable bonds is 3. The van der Waals surface area contributed by atoms with E-state index in [9.17, 15) is 4.79 Å². The second kappa shape index (κ2) is 6.25. The summed E-state index contributed by atoms with van der Waals surface area (Å²) in [7, 11) is 0. The van der Waals surface area contributed by atoms with Crippen LogP contribution < -0.4 is 0 Å². The fraction of sp³-hybridized carbons (Fsp3) is 0.167. The zero-order valence-corrected chi connectivity index (χ0v) is 12.2. The topological polar surface area (TPSA) is 40.9 Å². The number of carbonyl (C=O) groups is 1. The summed E-state index contributed by atoms with van der Waals surface area (Å²) in [5, 5.41) is 9.31. The van der Waals surface area contributed by atoms with E-state index in [1.54, 1.807) is 12.1 Å². The molecule has 0 aliphatic heterocycles. The molecule has 1 aromatic rings. The maximum Gasteiger partial charge on any atom is 0.190 e. The van der Waals surface area contributed by atoms with Gasteiger partial charge in [0.25, 0.3) is 0 Å². The molecule has 0 aliphatic carbocycles. The molecule has 0 saturated heterocycles. The molecule has 1 rings (SSSR count). The van der Waals surface area contributed by atoms with Crippen LogP contribution >= 0.6 is 39.3 Å². The highest BCUT2D eigenvalue weighted by Crippen LogP contribution is 2.38. The summed E-state index contributed by atoms with van der Waals surface area (Å²) in [5.41, 5.74) is 1.15. The molecule has 0 N–H and O–H groups in total. The smallest absolute Gasteiger partial charge is 0.190 e. The van der Waals surface area contributed by atoms with Crippen molar-refractivity contribution in [1.82, 2.24) is 0 Å². The highest BCUT2D eigenvalue weighted by atomic mass is 79.9. The number of thioether (sulfide) groups is 1. The van der Waals surface area contributed by atoms with E-state index in [0.29, 0.717) is 21.5 Å². The Kier molecular flexibility index (Phi) is 5.26. The third kappa shape index (κ3) is 3.35. The lowest BCUT2D eigenvalue weighted by Crippen LogP contribution is -1.95. The molecule has 2 nitrogen and oxygen atoms in total. The summed E-state index contributed by atoms with van der Waals surface area (Å²) in [4.78, 5) is 11.9. The van der Waals surface area contributed by atoms with Gasteiger partial charge in [-0.1, -0.05) is 29.4 Å². The molecule has 0 spiro atoms.